The molecule has 0 unspecified atom stereocenters. The second-order valence-electron chi connectivity index (χ2n) is 4.40. The maximum absolute atomic E-state index is 11.0. The molecule has 1 heterocycles. The number of rotatable bonds is 4. The van der Waals surface area contributed by atoms with Crippen LogP contribution in [0, 0.1) is 5.92 Å². The number of nitrogens with zero attached hydrogens (tertiary/aromatic N) is 1. The largest absolute Gasteiger partial charge is 0.481 e. The highest BCUT2D eigenvalue weighted by Gasteiger charge is 2.29. The normalized spacial score (nSPS) is 15.3. The Hall–Kier alpha value is -1.75. The van der Waals surface area contributed by atoms with Crippen LogP contribution in [-0.2, 0) is 4.79 Å². The van der Waals surface area contributed by atoms with Crippen LogP contribution < -0.4 is 10.6 Å². The molecule has 1 aromatic rings. The lowest BCUT2D eigenvalue weighted by Crippen LogP contribution is -2.47. The van der Waals surface area contributed by atoms with Crippen molar-refractivity contribution in [3.8, 4) is 0 Å². The average molecular weight is 269 g/mol. The Morgan fingerprint density at radius 1 is 1.44 bits per heavy atom. The van der Waals surface area contributed by atoms with Crippen LogP contribution in [0.1, 0.15) is 16.8 Å². The monoisotopic (exact) mass is 268 g/mol. The number of amides is 1. The number of anilines is 1. The van der Waals surface area contributed by atoms with Crippen LogP contribution in [0.2, 0.25) is 5.02 Å². The molecular formula is C12H13ClN2O3. The molecule has 6 heteroatoms. The van der Waals surface area contributed by atoms with Gasteiger partial charge in [-0.3, -0.25) is 9.59 Å². The topological polar surface area (TPSA) is 83.6 Å². The maximum atomic E-state index is 11.0. The number of benzene rings is 1. The fourth-order valence-corrected chi connectivity index (χ4v) is 2.33. The van der Waals surface area contributed by atoms with Crippen LogP contribution >= 0.6 is 11.6 Å². The second-order valence-corrected chi connectivity index (χ2v) is 4.80. The lowest BCUT2D eigenvalue weighted by molar-refractivity contribution is -0.138. The van der Waals surface area contributed by atoms with Crippen LogP contribution in [0.5, 0.6) is 0 Å². The van der Waals surface area contributed by atoms with Crippen molar-refractivity contribution in [1.82, 2.24) is 0 Å². The van der Waals surface area contributed by atoms with E-state index in [1.165, 1.54) is 0 Å². The number of halogens is 1. The highest BCUT2D eigenvalue weighted by atomic mass is 35.5. The molecule has 1 aliphatic heterocycles. The average Bonchev–Trinajstić information content (AvgIpc) is 2.21. The summed E-state index contributed by atoms with van der Waals surface area (Å²) in [7, 11) is 0. The molecule has 2 rings (SSSR count). The third kappa shape index (κ3) is 2.56. The molecule has 3 N–H and O–H groups in total. The molecule has 0 aliphatic carbocycles. The third-order valence-corrected chi connectivity index (χ3v) is 3.32. The minimum absolute atomic E-state index is 0.178. The van der Waals surface area contributed by atoms with Crippen molar-refractivity contribution < 1.29 is 14.7 Å². The Bertz CT molecular complexity index is 498. The Morgan fingerprint density at radius 3 is 2.61 bits per heavy atom. The number of carboxylic acids is 1. The van der Waals surface area contributed by atoms with Gasteiger partial charge in [-0.25, -0.2) is 0 Å². The lowest BCUT2D eigenvalue weighted by Gasteiger charge is -2.40. The van der Waals surface area contributed by atoms with Gasteiger partial charge in [-0.2, -0.15) is 0 Å². The van der Waals surface area contributed by atoms with Gasteiger partial charge in [-0.05, 0) is 18.2 Å². The number of carbonyl (C=O) groups is 2. The second kappa shape index (κ2) is 4.86. The molecule has 0 spiro atoms. The first-order valence-electron chi connectivity index (χ1n) is 5.53. The van der Waals surface area contributed by atoms with E-state index in [0.717, 1.165) is 5.69 Å². The van der Waals surface area contributed by atoms with Crippen molar-refractivity contribution in [1.29, 1.82) is 0 Å². The molecule has 5 nitrogen and oxygen atoms in total. The van der Waals surface area contributed by atoms with Crippen LogP contribution in [0.15, 0.2) is 18.2 Å². The van der Waals surface area contributed by atoms with Gasteiger partial charge in [-0.1, -0.05) is 11.6 Å². The van der Waals surface area contributed by atoms with Gasteiger partial charge in [0.1, 0.15) is 0 Å². The summed E-state index contributed by atoms with van der Waals surface area (Å²) < 4.78 is 0. The Kier molecular flexibility index (Phi) is 3.43. The predicted molar refractivity (Wildman–Crippen MR) is 67.9 cm³/mol. The first-order valence-corrected chi connectivity index (χ1v) is 5.91. The zero-order valence-corrected chi connectivity index (χ0v) is 10.4. The van der Waals surface area contributed by atoms with Crippen LogP contribution in [-0.4, -0.2) is 30.1 Å². The van der Waals surface area contributed by atoms with E-state index in [0.29, 0.717) is 23.7 Å². The molecule has 1 aliphatic rings. The van der Waals surface area contributed by atoms with Crippen LogP contribution in [0.25, 0.3) is 0 Å². The smallest absolute Gasteiger partial charge is 0.303 e. The summed E-state index contributed by atoms with van der Waals surface area (Å²) in [5.74, 6) is -1.15. The molecule has 0 radical (unpaired) electrons. The highest BCUT2D eigenvalue weighted by molar-refractivity contribution is 6.34. The highest BCUT2D eigenvalue weighted by Crippen LogP contribution is 2.29. The van der Waals surface area contributed by atoms with E-state index in [1.54, 1.807) is 18.2 Å². The summed E-state index contributed by atoms with van der Waals surface area (Å²) in [5.41, 5.74) is 6.34. The van der Waals surface area contributed by atoms with E-state index >= 15 is 0 Å². The summed E-state index contributed by atoms with van der Waals surface area (Å²) in [6.07, 6.45) is 0.184. The van der Waals surface area contributed by atoms with E-state index in [1.807, 2.05) is 4.90 Å². The minimum atomic E-state index is -0.776. The molecule has 0 bridgehead atoms. The van der Waals surface area contributed by atoms with Crippen LogP contribution in [0.4, 0.5) is 5.69 Å². The first kappa shape index (κ1) is 12.7. The Morgan fingerprint density at radius 2 is 2.11 bits per heavy atom. The van der Waals surface area contributed by atoms with Crippen molar-refractivity contribution in [2.75, 3.05) is 18.0 Å². The number of primary amides is 1. The Labute approximate surface area is 109 Å². The van der Waals surface area contributed by atoms with Crippen molar-refractivity contribution >= 4 is 29.2 Å². The van der Waals surface area contributed by atoms with Gasteiger partial charge >= 0.3 is 5.97 Å². The molecule has 1 amide bonds. The van der Waals surface area contributed by atoms with E-state index < -0.39 is 11.9 Å². The zero-order valence-electron chi connectivity index (χ0n) is 9.60. The van der Waals surface area contributed by atoms with Gasteiger partial charge in [0, 0.05) is 24.7 Å². The van der Waals surface area contributed by atoms with E-state index in [9.17, 15) is 9.59 Å². The molecule has 0 saturated carbocycles. The van der Waals surface area contributed by atoms with Gasteiger partial charge < -0.3 is 15.7 Å². The number of carbonyl (C=O) groups excluding carboxylic acids is 1. The van der Waals surface area contributed by atoms with Crippen molar-refractivity contribution in [3.05, 3.63) is 28.8 Å². The van der Waals surface area contributed by atoms with Crippen LogP contribution in [0.3, 0.4) is 0 Å². The third-order valence-electron chi connectivity index (χ3n) is 3.00. The minimum Gasteiger partial charge on any atom is -0.481 e. The summed E-state index contributed by atoms with van der Waals surface area (Å²) in [5, 5.41) is 8.98. The van der Waals surface area contributed by atoms with E-state index in [-0.39, 0.29) is 12.3 Å². The molecule has 0 aromatic heterocycles. The molecule has 0 atom stereocenters. The number of hydrogen-bond donors (Lipinski definition) is 2. The van der Waals surface area contributed by atoms with Gasteiger partial charge in [0.25, 0.3) is 0 Å². The van der Waals surface area contributed by atoms with Gasteiger partial charge in [0.15, 0.2) is 0 Å². The SMILES string of the molecule is NC(=O)c1ccc(N2CC(CC(=O)O)C2)cc1Cl. The lowest BCUT2D eigenvalue weighted by atomic mass is 9.95. The fraction of sp³-hybridized carbons (Fsp3) is 0.333. The first-order chi connectivity index (χ1) is 8.47. The van der Waals surface area contributed by atoms with E-state index in [4.69, 9.17) is 22.4 Å². The van der Waals surface area contributed by atoms with Crippen molar-refractivity contribution in [2.45, 2.75) is 6.42 Å². The quantitative estimate of drug-likeness (QED) is 0.863. The Balaban J connectivity index is 2.02. The van der Waals surface area contributed by atoms with Gasteiger partial charge in [-0.15, -0.1) is 0 Å². The summed E-state index contributed by atoms with van der Waals surface area (Å²) in [6.45, 7) is 1.39. The number of nitrogens with two attached hydrogens (primary N) is 1. The summed E-state index contributed by atoms with van der Waals surface area (Å²) >= 11 is 5.95. The van der Waals surface area contributed by atoms with Crippen molar-refractivity contribution in [2.24, 2.45) is 11.7 Å². The van der Waals surface area contributed by atoms with Gasteiger partial charge in [0.2, 0.25) is 5.91 Å². The maximum Gasteiger partial charge on any atom is 0.303 e. The summed E-state index contributed by atoms with van der Waals surface area (Å²) in [6, 6.07) is 5.03. The summed E-state index contributed by atoms with van der Waals surface area (Å²) in [4.78, 5) is 23.6. The van der Waals surface area contributed by atoms with E-state index in [2.05, 4.69) is 0 Å². The number of aliphatic carboxylic acids is 1. The molecule has 1 saturated heterocycles. The standard InChI is InChI=1S/C12H13ClN2O3/c13-10-4-8(1-2-9(10)12(14)18)15-5-7(6-15)3-11(16)17/h1-2,4,7H,3,5-6H2,(H2,14,18)(H,16,17). The molecule has 96 valence electrons. The molecule has 1 aromatic carbocycles. The number of hydrogen-bond acceptors (Lipinski definition) is 3. The van der Waals surface area contributed by atoms with Crippen molar-refractivity contribution in [3.63, 3.8) is 0 Å². The molecule has 18 heavy (non-hydrogen) atoms. The molecular weight excluding hydrogens is 256 g/mol. The zero-order chi connectivity index (χ0) is 13.3. The van der Waals surface area contributed by atoms with Gasteiger partial charge in [0.05, 0.1) is 17.0 Å². The fourth-order valence-electron chi connectivity index (χ4n) is 2.06. The molecule has 1 fully saturated rings. The predicted octanol–water partition coefficient (Wildman–Crippen LogP) is 1.35. The number of carboxylic acid groups (broad SMARTS) is 1.